The maximum atomic E-state index is 5.38. The standard InChI is InChI=1S/C18H13N3OS/c23-18(20-16-8-6-14-11-22-21-17(14)10-16)19-15-7-5-12-3-1-2-4-13(12)9-15/h1-11H,(H2,19,20,23). The maximum Gasteiger partial charge on any atom is 0.175 e. The van der Waals surface area contributed by atoms with Gasteiger partial charge in [0.25, 0.3) is 0 Å². The second-order valence-electron chi connectivity index (χ2n) is 5.23. The van der Waals surface area contributed by atoms with E-state index in [1.54, 1.807) is 6.26 Å². The van der Waals surface area contributed by atoms with Crippen LogP contribution in [0, 0.1) is 0 Å². The summed E-state index contributed by atoms with van der Waals surface area (Å²) in [6.07, 6.45) is 1.62. The Kier molecular flexibility index (Phi) is 3.40. The van der Waals surface area contributed by atoms with Gasteiger partial charge in [-0.1, -0.05) is 35.5 Å². The fraction of sp³-hybridized carbons (Fsp3) is 0. The quantitative estimate of drug-likeness (QED) is 0.520. The molecule has 23 heavy (non-hydrogen) atoms. The van der Waals surface area contributed by atoms with E-state index in [1.165, 1.54) is 10.8 Å². The molecule has 1 heterocycles. The minimum Gasteiger partial charge on any atom is -0.364 e. The molecule has 0 saturated heterocycles. The van der Waals surface area contributed by atoms with E-state index in [1.807, 2.05) is 36.4 Å². The summed E-state index contributed by atoms with van der Waals surface area (Å²) in [5.41, 5.74) is 2.61. The number of fused-ring (bicyclic) bond motifs is 2. The van der Waals surface area contributed by atoms with Gasteiger partial charge in [0.1, 0.15) is 11.8 Å². The number of thiocarbonyl (C=S) groups is 1. The first-order valence-electron chi connectivity index (χ1n) is 7.19. The molecule has 0 saturated carbocycles. The lowest BCUT2D eigenvalue weighted by atomic mass is 10.1. The fourth-order valence-corrected chi connectivity index (χ4v) is 2.74. The molecule has 1 aromatic heterocycles. The number of aromatic nitrogens is 1. The number of anilines is 2. The molecule has 0 unspecified atom stereocenters. The molecule has 0 aliphatic carbocycles. The topological polar surface area (TPSA) is 50.1 Å². The van der Waals surface area contributed by atoms with Gasteiger partial charge in [-0.15, -0.1) is 0 Å². The van der Waals surface area contributed by atoms with Crippen LogP contribution in [-0.2, 0) is 0 Å². The third-order valence-electron chi connectivity index (χ3n) is 3.63. The highest BCUT2D eigenvalue weighted by atomic mass is 32.1. The highest BCUT2D eigenvalue weighted by Gasteiger charge is 2.03. The maximum absolute atomic E-state index is 5.38. The van der Waals surface area contributed by atoms with Gasteiger partial charge < -0.3 is 15.2 Å². The average Bonchev–Trinajstić information content (AvgIpc) is 3.02. The highest BCUT2D eigenvalue weighted by Crippen LogP contribution is 2.20. The Morgan fingerprint density at radius 2 is 1.52 bits per heavy atom. The summed E-state index contributed by atoms with van der Waals surface area (Å²) in [5.74, 6) is 0. The zero-order valence-electron chi connectivity index (χ0n) is 12.1. The molecule has 4 rings (SSSR count). The first-order valence-corrected chi connectivity index (χ1v) is 7.60. The van der Waals surface area contributed by atoms with Crippen LogP contribution in [0.4, 0.5) is 11.4 Å². The molecule has 4 nitrogen and oxygen atoms in total. The van der Waals surface area contributed by atoms with E-state index in [2.05, 4.69) is 40.1 Å². The molecular formula is C18H13N3OS. The summed E-state index contributed by atoms with van der Waals surface area (Å²) in [6.45, 7) is 0. The Morgan fingerprint density at radius 3 is 2.35 bits per heavy atom. The minimum atomic E-state index is 0.531. The summed E-state index contributed by atoms with van der Waals surface area (Å²) in [6, 6.07) is 20.1. The van der Waals surface area contributed by atoms with Crippen LogP contribution in [0.5, 0.6) is 0 Å². The van der Waals surface area contributed by atoms with Crippen LogP contribution in [0.3, 0.4) is 0 Å². The van der Waals surface area contributed by atoms with Crippen molar-refractivity contribution in [2.45, 2.75) is 0 Å². The number of nitrogens with zero attached hydrogens (tertiary/aromatic N) is 1. The highest BCUT2D eigenvalue weighted by molar-refractivity contribution is 7.80. The number of hydrogen-bond donors (Lipinski definition) is 2. The van der Waals surface area contributed by atoms with Crippen LogP contribution in [0.1, 0.15) is 0 Å². The Balaban J connectivity index is 1.51. The fourth-order valence-electron chi connectivity index (χ4n) is 2.50. The van der Waals surface area contributed by atoms with Crippen LogP contribution in [0.25, 0.3) is 21.7 Å². The van der Waals surface area contributed by atoms with Crippen molar-refractivity contribution in [1.29, 1.82) is 0 Å². The Labute approximate surface area is 138 Å². The predicted octanol–water partition coefficient (Wildman–Crippen LogP) is 4.79. The van der Waals surface area contributed by atoms with Gasteiger partial charge >= 0.3 is 0 Å². The molecule has 0 atom stereocenters. The van der Waals surface area contributed by atoms with Crippen molar-refractivity contribution in [3.8, 4) is 0 Å². The van der Waals surface area contributed by atoms with Crippen molar-refractivity contribution < 1.29 is 4.52 Å². The predicted molar refractivity (Wildman–Crippen MR) is 97.8 cm³/mol. The van der Waals surface area contributed by atoms with Crippen LogP contribution in [0.2, 0.25) is 0 Å². The van der Waals surface area contributed by atoms with E-state index in [-0.39, 0.29) is 0 Å². The van der Waals surface area contributed by atoms with Crippen molar-refractivity contribution in [3.63, 3.8) is 0 Å². The number of benzene rings is 3. The van der Waals surface area contributed by atoms with Crippen molar-refractivity contribution in [3.05, 3.63) is 66.9 Å². The molecule has 4 aromatic rings. The summed E-state index contributed by atoms with van der Waals surface area (Å²) in [5, 5.41) is 14.2. The number of hydrogen-bond acceptors (Lipinski definition) is 3. The van der Waals surface area contributed by atoms with Gasteiger partial charge in [0, 0.05) is 16.8 Å². The lowest BCUT2D eigenvalue weighted by Gasteiger charge is -2.11. The van der Waals surface area contributed by atoms with E-state index in [4.69, 9.17) is 16.7 Å². The van der Waals surface area contributed by atoms with E-state index in [0.29, 0.717) is 5.11 Å². The van der Waals surface area contributed by atoms with Gasteiger partial charge in [-0.3, -0.25) is 0 Å². The van der Waals surface area contributed by atoms with Crippen LogP contribution in [-0.4, -0.2) is 10.3 Å². The zero-order valence-corrected chi connectivity index (χ0v) is 12.9. The van der Waals surface area contributed by atoms with Crippen LogP contribution < -0.4 is 10.6 Å². The van der Waals surface area contributed by atoms with Crippen molar-refractivity contribution in [2.24, 2.45) is 0 Å². The number of nitrogens with one attached hydrogen (secondary N) is 2. The molecule has 0 aliphatic heterocycles. The van der Waals surface area contributed by atoms with Gasteiger partial charge in [-0.05, 0) is 53.3 Å². The molecule has 0 aliphatic rings. The van der Waals surface area contributed by atoms with Crippen molar-refractivity contribution in [2.75, 3.05) is 10.6 Å². The van der Waals surface area contributed by atoms with Crippen LogP contribution >= 0.6 is 12.2 Å². The SMILES string of the molecule is S=C(Nc1ccc2ccccc2c1)Nc1ccc2conc2c1. The minimum absolute atomic E-state index is 0.531. The summed E-state index contributed by atoms with van der Waals surface area (Å²) < 4.78 is 4.94. The lowest BCUT2D eigenvalue weighted by Crippen LogP contribution is -2.18. The Hall–Kier alpha value is -2.92. The molecule has 0 fully saturated rings. The van der Waals surface area contributed by atoms with E-state index >= 15 is 0 Å². The second kappa shape index (κ2) is 5.70. The molecular weight excluding hydrogens is 306 g/mol. The molecule has 0 spiro atoms. The Bertz CT molecular complexity index is 1010. The molecule has 2 N–H and O–H groups in total. The molecule has 0 bridgehead atoms. The van der Waals surface area contributed by atoms with Crippen LogP contribution in [0.15, 0.2) is 71.4 Å². The first-order chi connectivity index (χ1) is 11.3. The van der Waals surface area contributed by atoms with E-state index in [0.717, 1.165) is 22.3 Å². The monoisotopic (exact) mass is 319 g/mol. The normalized spacial score (nSPS) is 10.8. The first kappa shape index (κ1) is 13.7. The molecule has 112 valence electrons. The lowest BCUT2D eigenvalue weighted by molar-refractivity contribution is 0.428. The smallest absolute Gasteiger partial charge is 0.175 e. The molecule has 5 heteroatoms. The zero-order chi connectivity index (χ0) is 15.6. The molecule has 0 amide bonds. The van der Waals surface area contributed by atoms with Gasteiger partial charge in [-0.25, -0.2) is 0 Å². The molecule has 3 aromatic carbocycles. The second-order valence-corrected chi connectivity index (χ2v) is 5.64. The van der Waals surface area contributed by atoms with Crippen molar-refractivity contribution in [1.82, 2.24) is 5.16 Å². The summed E-state index contributed by atoms with van der Waals surface area (Å²) in [4.78, 5) is 0. The van der Waals surface area contributed by atoms with E-state index in [9.17, 15) is 0 Å². The van der Waals surface area contributed by atoms with E-state index < -0.39 is 0 Å². The number of rotatable bonds is 2. The third kappa shape index (κ3) is 2.86. The average molecular weight is 319 g/mol. The Morgan fingerprint density at radius 1 is 0.826 bits per heavy atom. The largest absolute Gasteiger partial charge is 0.364 e. The molecule has 0 radical (unpaired) electrons. The summed E-state index contributed by atoms with van der Waals surface area (Å²) in [7, 11) is 0. The van der Waals surface area contributed by atoms with Gasteiger partial charge in [-0.2, -0.15) is 0 Å². The van der Waals surface area contributed by atoms with Crippen molar-refractivity contribution >= 4 is 50.4 Å². The van der Waals surface area contributed by atoms with Gasteiger partial charge in [0.05, 0.1) is 0 Å². The van der Waals surface area contributed by atoms with Gasteiger partial charge in [0.2, 0.25) is 0 Å². The summed E-state index contributed by atoms with van der Waals surface area (Å²) >= 11 is 5.38. The van der Waals surface area contributed by atoms with Gasteiger partial charge in [0.15, 0.2) is 5.11 Å². The third-order valence-corrected chi connectivity index (χ3v) is 3.83.